The molecule has 0 aromatic rings. The van der Waals surface area contributed by atoms with Crippen LogP contribution in [0.2, 0.25) is 0 Å². The molecule has 1 amide bonds. The Morgan fingerprint density at radius 2 is 2.36 bits per heavy atom. The second-order valence-electron chi connectivity index (χ2n) is 2.06. The molecule has 11 heavy (non-hydrogen) atoms. The molecular weight excluding hydrogens is 166 g/mol. The summed E-state index contributed by atoms with van der Waals surface area (Å²) in [4.78, 5) is 21.2. The molecule has 1 saturated heterocycles. The molecule has 62 valence electrons. The van der Waals surface area contributed by atoms with Gasteiger partial charge in [0, 0.05) is 5.75 Å². The maximum Gasteiger partial charge on any atom is 0.415 e. The maximum atomic E-state index is 10.8. The molecule has 0 aromatic carbocycles. The zero-order valence-electron chi connectivity index (χ0n) is 6.12. The first-order valence-electron chi connectivity index (χ1n) is 3.34. The van der Waals surface area contributed by atoms with Gasteiger partial charge in [-0.3, -0.25) is 0 Å². The average molecular weight is 175 g/mol. The van der Waals surface area contributed by atoms with Gasteiger partial charge in [-0.05, 0) is 5.75 Å². The topological polar surface area (TPSA) is 55.4 Å². The SMILES string of the molecule is CCSCC1NC(=O)OC1=O. The van der Waals surface area contributed by atoms with Gasteiger partial charge in [-0.25, -0.2) is 9.59 Å². The third-order valence-corrected chi connectivity index (χ3v) is 2.24. The fourth-order valence-electron chi connectivity index (χ4n) is 0.739. The third-order valence-electron chi connectivity index (χ3n) is 1.26. The van der Waals surface area contributed by atoms with Crippen molar-refractivity contribution >= 4 is 23.8 Å². The van der Waals surface area contributed by atoms with E-state index in [2.05, 4.69) is 10.1 Å². The van der Waals surface area contributed by atoms with Crippen molar-refractivity contribution in [2.24, 2.45) is 0 Å². The van der Waals surface area contributed by atoms with Crippen molar-refractivity contribution in [1.29, 1.82) is 0 Å². The maximum absolute atomic E-state index is 10.8. The van der Waals surface area contributed by atoms with Crippen molar-refractivity contribution in [2.75, 3.05) is 11.5 Å². The minimum Gasteiger partial charge on any atom is -0.375 e. The molecule has 1 atom stereocenters. The molecule has 0 spiro atoms. The number of nitrogens with one attached hydrogen (secondary N) is 1. The molecule has 0 aliphatic carbocycles. The number of ether oxygens (including phenoxy) is 1. The van der Waals surface area contributed by atoms with Gasteiger partial charge in [-0.1, -0.05) is 6.92 Å². The number of carbonyl (C=O) groups is 2. The molecule has 0 bridgehead atoms. The van der Waals surface area contributed by atoms with Crippen molar-refractivity contribution in [3.63, 3.8) is 0 Å². The van der Waals surface area contributed by atoms with Gasteiger partial charge >= 0.3 is 12.1 Å². The summed E-state index contributed by atoms with van der Waals surface area (Å²) in [6.07, 6.45) is -0.628. The van der Waals surface area contributed by atoms with E-state index in [1.165, 1.54) is 0 Å². The van der Waals surface area contributed by atoms with Crippen LogP contribution in [0, 0.1) is 0 Å². The molecule has 1 N–H and O–H groups in total. The standard InChI is InChI=1S/C6H9NO3S/c1-2-11-3-4-5(8)10-6(9)7-4/h4H,2-3H2,1H3,(H,7,9). The first kappa shape index (κ1) is 8.39. The van der Waals surface area contributed by atoms with Crippen molar-refractivity contribution in [2.45, 2.75) is 13.0 Å². The van der Waals surface area contributed by atoms with Crippen LogP contribution in [0.5, 0.6) is 0 Å². The lowest BCUT2D eigenvalue weighted by molar-refractivity contribution is -0.134. The van der Waals surface area contributed by atoms with E-state index in [1.807, 2.05) is 6.92 Å². The van der Waals surface area contributed by atoms with Gasteiger partial charge in [0.1, 0.15) is 6.04 Å². The van der Waals surface area contributed by atoms with Crippen LogP contribution >= 0.6 is 11.8 Å². The summed E-state index contributed by atoms with van der Waals surface area (Å²) in [5, 5.41) is 2.41. The summed E-state index contributed by atoms with van der Waals surface area (Å²) in [5.41, 5.74) is 0. The van der Waals surface area contributed by atoms with Crippen LogP contribution in [0.4, 0.5) is 4.79 Å². The average Bonchev–Trinajstić information content (AvgIpc) is 2.26. The molecule has 0 aromatic heterocycles. The first-order chi connectivity index (χ1) is 5.24. The van der Waals surface area contributed by atoms with Gasteiger partial charge in [0.25, 0.3) is 0 Å². The van der Waals surface area contributed by atoms with Gasteiger partial charge in [-0.15, -0.1) is 0 Å². The Morgan fingerprint density at radius 1 is 1.64 bits per heavy atom. The van der Waals surface area contributed by atoms with E-state index in [1.54, 1.807) is 11.8 Å². The lowest BCUT2D eigenvalue weighted by atomic mass is 10.4. The molecular formula is C6H9NO3S. The zero-order chi connectivity index (χ0) is 8.27. The Bertz CT molecular complexity index is 183. The van der Waals surface area contributed by atoms with Crippen molar-refractivity contribution < 1.29 is 14.3 Å². The molecule has 1 unspecified atom stereocenters. The number of hydrogen-bond acceptors (Lipinski definition) is 4. The summed E-state index contributed by atoms with van der Waals surface area (Å²) >= 11 is 1.60. The monoisotopic (exact) mass is 175 g/mol. The van der Waals surface area contributed by atoms with E-state index in [0.717, 1.165) is 5.75 Å². The Morgan fingerprint density at radius 3 is 2.82 bits per heavy atom. The number of esters is 1. The molecule has 5 heteroatoms. The Kier molecular flexibility index (Phi) is 2.76. The van der Waals surface area contributed by atoms with Gasteiger partial charge < -0.3 is 10.1 Å². The van der Waals surface area contributed by atoms with Crippen molar-refractivity contribution in [1.82, 2.24) is 5.32 Å². The third kappa shape index (κ3) is 2.11. The van der Waals surface area contributed by atoms with Gasteiger partial charge in [0.05, 0.1) is 0 Å². The normalized spacial score (nSPS) is 23.2. The number of alkyl carbamates (subject to hydrolysis) is 1. The van der Waals surface area contributed by atoms with E-state index in [-0.39, 0.29) is 0 Å². The zero-order valence-corrected chi connectivity index (χ0v) is 6.94. The summed E-state index contributed by atoms with van der Waals surface area (Å²) in [5.74, 6) is 1.07. The first-order valence-corrected chi connectivity index (χ1v) is 4.49. The van der Waals surface area contributed by atoms with Crippen LogP contribution in [0.15, 0.2) is 0 Å². The summed E-state index contributed by atoms with van der Waals surface area (Å²) in [6, 6.07) is -0.438. The highest BCUT2D eigenvalue weighted by Crippen LogP contribution is 2.07. The number of rotatable bonds is 3. The highest BCUT2D eigenvalue weighted by atomic mass is 32.2. The van der Waals surface area contributed by atoms with Crippen LogP contribution in [0.25, 0.3) is 0 Å². The number of amides is 1. The van der Waals surface area contributed by atoms with Crippen molar-refractivity contribution in [3.8, 4) is 0 Å². The Labute approximate surface area is 68.7 Å². The van der Waals surface area contributed by atoms with Crippen LogP contribution in [0.3, 0.4) is 0 Å². The molecule has 1 heterocycles. The Balaban J connectivity index is 2.34. The molecule has 1 aliphatic rings. The van der Waals surface area contributed by atoms with E-state index in [4.69, 9.17) is 0 Å². The van der Waals surface area contributed by atoms with Gasteiger partial charge in [-0.2, -0.15) is 11.8 Å². The summed E-state index contributed by atoms with van der Waals surface area (Å²) in [7, 11) is 0. The molecule has 0 saturated carbocycles. The quantitative estimate of drug-likeness (QED) is 0.497. The van der Waals surface area contributed by atoms with Crippen LogP contribution in [-0.4, -0.2) is 29.6 Å². The lowest BCUT2D eigenvalue weighted by Gasteiger charge is -2.01. The predicted molar refractivity (Wildman–Crippen MR) is 41.4 cm³/mol. The second kappa shape index (κ2) is 3.61. The van der Waals surface area contributed by atoms with E-state index in [9.17, 15) is 9.59 Å². The molecule has 1 fully saturated rings. The lowest BCUT2D eigenvalue weighted by Crippen LogP contribution is -2.31. The van der Waals surface area contributed by atoms with Crippen LogP contribution in [0.1, 0.15) is 6.92 Å². The van der Waals surface area contributed by atoms with Crippen LogP contribution < -0.4 is 5.32 Å². The minimum atomic E-state index is -0.628. The predicted octanol–water partition coefficient (Wildman–Crippen LogP) is 0.374. The second-order valence-corrected chi connectivity index (χ2v) is 3.38. The molecule has 1 aliphatic heterocycles. The molecule has 0 radical (unpaired) electrons. The Hall–Kier alpha value is -0.710. The van der Waals surface area contributed by atoms with E-state index < -0.39 is 18.1 Å². The summed E-state index contributed by atoms with van der Waals surface area (Å²) < 4.78 is 4.27. The van der Waals surface area contributed by atoms with E-state index in [0.29, 0.717) is 5.75 Å². The fourth-order valence-corrected chi connectivity index (χ4v) is 1.43. The van der Waals surface area contributed by atoms with E-state index >= 15 is 0 Å². The smallest absolute Gasteiger partial charge is 0.375 e. The van der Waals surface area contributed by atoms with Crippen molar-refractivity contribution in [3.05, 3.63) is 0 Å². The highest BCUT2D eigenvalue weighted by Gasteiger charge is 2.31. The minimum absolute atomic E-state index is 0.438. The number of cyclic esters (lactones) is 2. The number of hydrogen-bond donors (Lipinski definition) is 1. The summed E-state index contributed by atoms with van der Waals surface area (Å²) in [6.45, 7) is 1.99. The van der Waals surface area contributed by atoms with Gasteiger partial charge in [0.15, 0.2) is 0 Å². The molecule has 4 nitrogen and oxygen atoms in total. The largest absolute Gasteiger partial charge is 0.415 e. The van der Waals surface area contributed by atoms with Gasteiger partial charge in [0.2, 0.25) is 0 Å². The molecule has 1 rings (SSSR count). The number of thioether (sulfide) groups is 1. The highest BCUT2D eigenvalue weighted by molar-refractivity contribution is 7.99. The fraction of sp³-hybridized carbons (Fsp3) is 0.667. The van der Waals surface area contributed by atoms with Crippen LogP contribution in [-0.2, 0) is 9.53 Å². The number of carbonyl (C=O) groups excluding carboxylic acids is 2.